The van der Waals surface area contributed by atoms with Crippen LogP contribution in [-0.2, 0) is 31.8 Å². The third-order valence-corrected chi connectivity index (χ3v) is 9.02. The first-order chi connectivity index (χ1) is 24.7. The van der Waals surface area contributed by atoms with Gasteiger partial charge in [0.2, 0.25) is 0 Å². The lowest BCUT2D eigenvalue weighted by Crippen LogP contribution is -2.58. The van der Waals surface area contributed by atoms with E-state index >= 15 is 0 Å². The molecule has 0 radical (unpaired) electrons. The average molecular weight is 749 g/mol. The molecule has 0 spiro atoms. The number of benzene rings is 2. The minimum absolute atomic E-state index is 0.0153. The van der Waals surface area contributed by atoms with Crippen molar-refractivity contribution in [1.29, 1.82) is 0 Å². The molecule has 15 heteroatoms. The summed E-state index contributed by atoms with van der Waals surface area (Å²) in [6.07, 6.45) is -4.91. The number of alkyl halides is 3. The van der Waals surface area contributed by atoms with Crippen LogP contribution in [-0.4, -0.2) is 96.5 Å². The van der Waals surface area contributed by atoms with Gasteiger partial charge in [0.05, 0.1) is 22.9 Å². The van der Waals surface area contributed by atoms with Gasteiger partial charge >= 0.3 is 18.4 Å². The van der Waals surface area contributed by atoms with Gasteiger partial charge < -0.3 is 39.0 Å². The molecule has 2 aromatic carbocycles. The van der Waals surface area contributed by atoms with Crippen molar-refractivity contribution in [1.82, 2.24) is 15.1 Å². The zero-order chi connectivity index (χ0) is 39.3. The van der Waals surface area contributed by atoms with Crippen LogP contribution in [0, 0.1) is 0 Å². The third kappa shape index (κ3) is 10.3. The van der Waals surface area contributed by atoms with Crippen LogP contribution in [0.3, 0.4) is 0 Å². The van der Waals surface area contributed by atoms with Crippen LogP contribution >= 0.6 is 0 Å². The molecule has 0 bridgehead atoms. The number of rotatable bonds is 11. The monoisotopic (exact) mass is 748 g/mol. The Hall–Kier alpha value is -4.53. The summed E-state index contributed by atoms with van der Waals surface area (Å²) < 4.78 is 66.3. The van der Waals surface area contributed by atoms with Crippen molar-refractivity contribution in [2.24, 2.45) is 0 Å². The first-order valence-corrected chi connectivity index (χ1v) is 17.8. The second-order valence-corrected chi connectivity index (χ2v) is 15.0. The molecule has 2 aromatic rings. The predicted molar refractivity (Wildman–Crippen MR) is 191 cm³/mol. The molecule has 0 aliphatic carbocycles. The Bertz CT molecular complexity index is 1630. The van der Waals surface area contributed by atoms with Crippen molar-refractivity contribution in [3.8, 4) is 5.75 Å². The maximum absolute atomic E-state index is 14.8. The van der Waals surface area contributed by atoms with Crippen LogP contribution in [0.15, 0.2) is 42.5 Å². The molecule has 2 aliphatic heterocycles. The van der Waals surface area contributed by atoms with Gasteiger partial charge in [-0.25, -0.2) is 9.59 Å². The molecular weight excluding hydrogens is 697 g/mol. The topological polar surface area (TPSA) is 127 Å². The highest BCUT2D eigenvalue weighted by Gasteiger charge is 2.46. The van der Waals surface area contributed by atoms with E-state index in [-0.39, 0.29) is 43.7 Å². The molecule has 1 saturated heterocycles. The lowest BCUT2D eigenvalue weighted by molar-refractivity contribution is -0.138. The number of hydrogen-bond acceptors (Lipinski definition) is 8. The number of carbonyl (C=O) groups is 4. The van der Waals surface area contributed by atoms with E-state index in [4.69, 9.17) is 18.9 Å². The number of nitrogens with zero attached hydrogens (tertiary/aromatic N) is 3. The summed E-state index contributed by atoms with van der Waals surface area (Å²) in [6, 6.07) is 9.32. The van der Waals surface area contributed by atoms with Gasteiger partial charge in [0.1, 0.15) is 18.0 Å². The summed E-state index contributed by atoms with van der Waals surface area (Å²) in [6.45, 7) is 11.6. The van der Waals surface area contributed by atoms with Crippen molar-refractivity contribution in [2.75, 3.05) is 38.3 Å². The number of nitrogens with one attached hydrogen (secondary N) is 1. The van der Waals surface area contributed by atoms with Crippen LogP contribution in [0.1, 0.15) is 89.2 Å². The molecule has 1 fully saturated rings. The third-order valence-electron chi connectivity index (χ3n) is 9.02. The van der Waals surface area contributed by atoms with Crippen molar-refractivity contribution in [3.05, 3.63) is 59.2 Å². The lowest BCUT2D eigenvalue weighted by atomic mass is 9.93. The maximum atomic E-state index is 14.8. The van der Waals surface area contributed by atoms with Gasteiger partial charge in [-0.15, -0.1) is 0 Å². The van der Waals surface area contributed by atoms with E-state index in [2.05, 4.69) is 5.32 Å². The first kappa shape index (κ1) is 41.2. The smallest absolute Gasteiger partial charge is 0.417 e. The fourth-order valence-electron chi connectivity index (χ4n) is 6.59. The van der Waals surface area contributed by atoms with Crippen LogP contribution in [0.25, 0.3) is 0 Å². The number of halogens is 3. The Morgan fingerprint density at radius 1 is 1.08 bits per heavy atom. The maximum Gasteiger partial charge on any atom is 0.417 e. The molecule has 4 amide bonds. The number of alkyl carbamates (subject to hydrolysis) is 1. The molecule has 53 heavy (non-hydrogen) atoms. The number of fused-ring (bicyclic) bond motifs is 1. The molecule has 2 heterocycles. The molecule has 2 aliphatic rings. The fraction of sp³-hybridized carbons (Fsp3) is 0.579. The molecule has 0 aromatic heterocycles. The Balaban J connectivity index is 1.65. The Morgan fingerprint density at radius 2 is 1.75 bits per heavy atom. The molecule has 0 unspecified atom stereocenters. The number of ether oxygens (including phenoxy) is 4. The first-order valence-electron chi connectivity index (χ1n) is 17.8. The predicted octanol–water partition coefficient (Wildman–Crippen LogP) is 6.79. The molecule has 0 saturated carbocycles. The van der Waals surface area contributed by atoms with E-state index in [1.165, 1.54) is 28.5 Å². The Kier molecular flexibility index (Phi) is 13.0. The van der Waals surface area contributed by atoms with E-state index in [0.717, 1.165) is 17.7 Å². The van der Waals surface area contributed by atoms with Crippen molar-refractivity contribution < 1.29 is 51.3 Å². The largest absolute Gasteiger partial charge is 0.476 e. The highest BCUT2D eigenvalue weighted by molar-refractivity contribution is 6.05. The second-order valence-electron chi connectivity index (χ2n) is 15.0. The van der Waals surface area contributed by atoms with Gasteiger partial charge in [-0.3, -0.25) is 9.59 Å². The van der Waals surface area contributed by atoms with E-state index in [0.29, 0.717) is 25.9 Å². The summed E-state index contributed by atoms with van der Waals surface area (Å²) in [5.41, 5.74) is -3.53. The molecule has 12 nitrogen and oxygen atoms in total. The quantitative estimate of drug-likeness (QED) is 0.266. The van der Waals surface area contributed by atoms with Crippen molar-refractivity contribution >= 4 is 29.7 Å². The van der Waals surface area contributed by atoms with E-state index in [9.17, 15) is 32.3 Å². The molecule has 1 N–H and O–H groups in total. The summed E-state index contributed by atoms with van der Waals surface area (Å²) in [5, 5.41) is 2.57. The van der Waals surface area contributed by atoms with Crippen molar-refractivity contribution in [2.45, 2.75) is 110 Å². The second kappa shape index (κ2) is 16.6. The summed E-state index contributed by atoms with van der Waals surface area (Å²) in [5.74, 6) is -1.74. The molecular formula is C38H51F3N4O8. The van der Waals surface area contributed by atoms with Gasteiger partial charge in [-0.2, -0.15) is 13.2 Å². The summed E-state index contributed by atoms with van der Waals surface area (Å²) in [7, 11) is 1.55. The van der Waals surface area contributed by atoms with Gasteiger partial charge in [0, 0.05) is 45.4 Å². The summed E-state index contributed by atoms with van der Waals surface area (Å²) in [4.78, 5) is 58.0. The van der Waals surface area contributed by atoms with Crippen LogP contribution in [0.5, 0.6) is 5.75 Å². The number of amides is 4. The highest BCUT2D eigenvalue weighted by atomic mass is 19.4. The Labute approximate surface area is 308 Å². The summed E-state index contributed by atoms with van der Waals surface area (Å²) >= 11 is 0. The Morgan fingerprint density at radius 3 is 2.36 bits per heavy atom. The lowest BCUT2D eigenvalue weighted by Gasteiger charge is -2.45. The minimum Gasteiger partial charge on any atom is -0.476 e. The SMILES string of the molecule is COCC[C@@H]1CC[C@@H](N(C(=O)c2cc3c(cc2C(F)(F)F)OC(C)(C)C(=O)N3CCNC(=O)OCc2ccccc2)C(C)C)CN1C(=O)OC(C)(C)C. The van der Waals surface area contributed by atoms with Gasteiger partial charge in [0.15, 0.2) is 5.60 Å². The number of methoxy groups -OCH3 is 1. The number of hydrogen-bond donors (Lipinski definition) is 1. The van der Waals surface area contributed by atoms with Gasteiger partial charge in [0.25, 0.3) is 11.8 Å². The zero-order valence-corrected chi connectivity index (χ0v) is 31.7. The van der Waals surface area contributed by atoms with Crippen LogP contribution in [0.2, 0.25) is 0 Å². The highest BCUT2D eigenvalue weighted by Crippen LogP contribution is 2.44. The van der Waals surface area contributed by atoms with Crippen molar-refractivity contribution in [3.63, 3.8) is 0 Å². The number of piperidine rings is 1. The normalized spacial score (nSPS) is 18.6. The van der Waals surface area contributed by atoms with E-state index in [1.54, 1.807) is 66.0 Å². The number of carbonyl (C=O) groups excluding carboxylic acids is 4. The van der Waals surface area contributed by atoms with Gasteiger partial charge in [-0.1, -0.05) is 30.3 Å². The minimum atomic E-state index is -4.97. The number of anilines is 1. The molecule has 4 rings (SSSR count). The zero-order valence-electron chi connectivity index (χ0n) is 31.7. The van der Waals surface area contributed by atoms with Crippen LogP contribution in [0.4, 0.5) is 28.4 Å². The van der Waals surface area contributed by atoms with Gasteiger partial charge in [-0.05, 0) is 85.4 Å². The van der Waals surface area contributed by atoms with Crippen LogP contribution < -0.4 is 15.0 Å². The standard InChI is InChI=1S/C38H51F3N4O8/c1-24(2)45(27-15-14-26(16-19-50-8)44(22-27)35(49)53-36(3,4)5)32(46)28-20-30-31(21-29(28)38(39,40)41)52-37(6,7)33(47)43(30)18-17-42-34(48)51-23-25-12-10-9-11-13-25/h9-13,20-21,24,26-27H,14-19,22-23H2,1-8H3,(H,42,48)/t26-,27+/m0/s1. The van der Waals surface area contributed by atoms with E-state index in [1.807, 2.05) is 6.07 Å². The number of likely N-dealkylation sites (tertiary alicyclic amines) is 1. The molecule has 292 valence electrons. The average Bonchev–Trinajstić information content (AvgIpc) is 3.07. The van der Waals surface area contributed by atoms with E-state index < -0.39 is 64.6 Å². The molecule has 2 atom stereocenters. The fourth-order valence-corrected chi connectivity index (χ4v) is 6.59.